The highest BCUT2D eigenvalue weighted by Crippen LogP contribution is 2.39. The Morgan fingerprint density at radius 3 is 2.41 bits per heavy atom. The summed E-state index contributed by atoms with van der Waals surface area (Å²) in [6.45, 7) is 11.0. The van der Waals surface area contributed by atoms with E-state index < -0.39 is 0 Å². The zero-order valence-electron chi connectivity index (χ0n) is 14.2. The Morgan fingerprint density at radius 2 is 1.82 bits per heavy atom. The van der Waals surface area contributed by atoms with Crippen LogP contribution >= 0.6 is 0 Å². The average molecular weight is 298 g/mol. The molecule has 2 unspecified atom stereocenters. The highest BCUT2D eigenvalue weighted by atomic mass is 16.1. The third-order valence-electron chi connectivity index (χ3n) is 4.87. The standard InChI is InChI=1S/C19H26N2O/c1-18(2,3)13-8-6-12(7-9-13)17-16-14(20-21-17)10-19(4,5)11-15(16)22/h6-9,14,16,20H,10-11H2,1-5H3. The summed E-state index contributed by atoms with van der Waals surface area (Å²) in [5.41, 5.74) is 6.72. The largest absolute Gasteiger partial charge is 0.306 e. The van der Waals surface area contributed by atoms with E-state index in [0.717, 1.165) is 17.7 Å². The molecule has 1 aliphatic heterocycles. The van der Waals surface area contributed by atoms with E-state index in [1.165, 1.54) is 5.56 Å². The molecule has 2 atom stereocenters. The van der Waals surface area contributed by atoms with Crippen molar-refractivity contribution >= 4 is 11.5 Å². The number of carbonyl (C=O) groups excluding carboxylic acids is 1. The van der Waals surface area contributed by atoms with E-state index in [0.29, 0.717) is 12.2 Å². The first-order valence-corrected chi connectivity index (χ1v) is 8.14. The fourth-order valence-electron chi connectivity index (χ4n) is 3.66. The Hall–Kier alpha value is -1.64. The van der Waals surface area contributed by atoms with E-state index in [1.54, 1.807) is 0 Å². The Bertz CT molecular complexity index is 620. The minimum absolute atomic E-state index is 0.0755. The maximum absolute atomic E-state index is 12.6. The summed E-state index contributed by atoms with van der Waals surface area (Å²) in [5.74, 6) is 0.249. The van der Waals surface area contributed by atoms with Gasteiger partial charge in [-0.15, -0.1) is 0 Å². The number of carbonyl (C=O) groups is 1. The quantitative estimate of drug-likeness (QED) is 0.859. The average Bonchev–Trinajstić information content (AvgIpc) is 2.80. The second-order valence-corrected chi connectivity index (χ2v) is 8.55. The van der Waals surface area contributed by atoms with E-state index in [2.05, 4.69) is 69.4 Å². The number of hydrogen-bond acceptors (Lipinski definition) is 3. The van der Waals surface area contributed by atoms with Crippen LogP contribution in [0.25, 0.3) is 0 Å². The molecule has 0 spiro atoms. The third kappa shape index (κ3) is 2.69. The number of hydrogen-bond donors (Lipinski definition) is 1. The van der Waals surface area contributed by atoms with E-state index >= 15 is 0 Å². The Kier molecular flexibility index (Phi) is 3.42. The fourth-order valence-corrected chi connectivity index (χ4v) is 3.66. The molecule has 1 fully saturated rings. The van der Waals surface area contributed by atoms with Gasteiger partial charge < -0.3 is 5.43 Å². The second-order valence-electron chi connectivity index (χ2n) is 8.55. The maximum atomic E-state index is 12.6. The van der Waals surface area contributed by atoms with Crippen LogP contribution in [0.3, 0.4) is 0 Å². The predicted octanol–water partition coefficient (Wildman–Crippen LogP) is 3.67. The number of nitrogens with zero attached hydrogens (tertiary/aromatic N) is 1. The maximum Gasteiger partial charge on any atom is 0.144 e. The summed E-state index contributed by atoms with van der Waals surface area (Å²) < 4.78 is 0. The third-order valence-corrected chi connectivity index (χ3v) is 4.87. The minimum Gasteiger partial charge on any atom is -0.306 e. The smallest absolute Gasteiger partial charge is 0.144 e. The number of rotatable bonds is 1. The molecule has 1 aromatic rings. The summed E-state index contributed by atoms with van der Waals surface area (Å²) in [6, 6.07) is 8.69. The van der Waals surface area contributed by atoms with Gasteiger partial charge in [-0.25, -0.2) is 0 Å². The van der Waals surface area contributed by atoms with Crippen LogP contribution < -0.4 is 5.43 Å². The molecule has 0 aromatic heterocycles. The van der Waals surface area contributed by atoms with Gasteiger partial charge in [0.2, 0.25) is 0 Å². The van der Waals surface area contributed by atoms with Gasteiger partial charge in [0.25, 0.3) is 0 Å². The summed E-state index contributed by atoms with van der Waals surface area (Å²) >= 11 is 0. The van der Waals surface area contributed by atoms with Gasteiger partial charge in [0, 0.05) is 6.42 Å². The van der Waals surface area contributed by atoms with Gasteiger partial charge in [-0.05, 0) is 28.4 Å². The molecule has 2 aliphatic rings. The van der Waals surface area contributed by atoms with Crippen molar-refractivity contribution in [3.05, 3.63) is 35.4 Å². The molecular formula is C19H26N2O. The summed E-state index contributed by atoms with van der Waals surface area (Å²) in [7, 11) is 0. The van der Waals surface area contributed by atoms with Gasteiger partial charge in [0.05, 0.1) is 17.7 Å². The summed E-state index contributed by atoms with van der Waals surface area (Å²) in [5, 5.41) is 4.50. The second kappa shape index (κ2) is 4.94. The number of fused-ring (bicyclic) bond motifs is 1. The summed E-state index contributed by atoms with van der Waals surface area (Å²) in [6.07, 6.45) is 1.64. The normalized spacial score (nSPS) is 27.1. The van der Waals surface area contributed by atoms with E-state index in [4.69, 9.17) is 0 Å². The topological polar surface area (TPSA) is 41.5 Å². The van der Waals surface area contributed by atoms with Crippen molar-refractivity contribution in [2.45, 2.75) is 58.9 Å². The fraction of sp³-hybridized carbons (Fsp3) is 0.579. The van der Waals surface area contributed by atoms with Crippen molar-refractivity contribution in [1.29, 1.82) is 0 Å². The first-order chi connectivity index (χ1) is 10.2. The molecule has 1 aliphatic carbocycles. The lowest BCUT2D eigenvalue weighted by Crippen LogP contribution is -2.45. The van der Waals surface area contributed by atoms with E-state index in [-0.39, 0.29) is 22.8 Å². The van der Waals surface area contributed by atoms with Crippen molar-refractivity contribution in [3.8, 4) is 0 Å². The van der Waals surface area contributed by atoms with Crippen molar-refractivity contribution in [2.75, 3.05) is 0 Å². The van der Waals surface area contributed by atoms with E-state index in [1.807, 2.05) is 0 Å². The van der Waals surface area contributed by atoms with E-state index in [9.17, 15) is 4.79 Å². The van der Waals surface area contributed by atoms with Crippen LogP contribution in [0.5, 0.6) is 0 Å². The van der Waals surface area contributed by atoms with Crippen molar-refractivity contribution < 1.29 is 4.79 Å². The molecule has 1 heterocycles. The highest BCUT2D eigenvalue weighted by Gasteiger charge is 2.46. The molecule has 1 aromatic carbocycles. The van der Waals surface area contributed by atoms with Crippen LogP contribution in [0.4, 0.5) is 0 Å². The molecule has 22 heavy (non-hydrogen) atoms. The minimum atomic E-state index is -0.0755. The molecule has 1 saturated carbocycles. The molecule has 3 heteroatoms. The predicted molar refractivity (Wildman–Crippen MR) is 90.1 cm³/mol. The lowest BCUT2D eigenvalue weighted by molar-refractivity contribution is -0.126. The van der Waals surface area contributed by atoms with Crippen molar-refractivity contribution in [3.63, 3.8) is 0 Å². The van der Waals surface area contributed by atoms with Crippen LogP contribution in [0.15, 0.2) is 29.4 Å². The first-order valence-electron chi connectivity index (χ1n) is 8.14. The molecule has 0 amide bonds. The van der Waals surface area contributed by atoms with Gasteiger partial charge in [0.15, 0.2) is 0 Å². The number of Topliss-reactive ketones (excluding diaryl/α,β-unsaturated/α-hetero) is 1. The van der Waals surface area contributed by atoms with Gasteiger partial charge in [-0.2, -0.15) is 5.10 Å². The Balaban J connectivity index is 1.86. The van der Waals surface area contributed by atoms with Gasteiger partial charge in [0.1, 0.15) is 5.78 Å². The zero-order chi connectivity index (χ0) is 16.1. The van der Waals surface area contributed by atoms with Gasteiger partial charge in [-0.1, -0.05) is 58.9 Å². The molecule has 0 bridgehead atoms. The molecule has 3 rings (SSSR count). The molecule has 0 saturated heterocycles. The number of benzene rings is 1. The number of nitrogens with one attached hydrogen (secondary N) is 1. The van der Waals surface area contributed by atoms with Crippen molar-refractivity contribution in [2.24, 2.45) is 16.4 Å². The van der Waals surface area contributed by atoms with Crippen LogP contribution in [0.1, 0.15) is 58.6 Å². The van der Waals surface area contributed by atoms with Crippen LogP contribution in [0.2, 0.25) is 0 Å². The van der Waals surface area contributed by atoms with Crippen LogP contribution in [0, 0.1) is 11.3 Å². The first kappa shape index (κ1) is 15.3. The SMILES string of the molecule is CC1(C)CC(=O)C2C(c3ccc(C(C)(C)C)cc3)=NNC2C1. The molecule has 0 radical (unpaired) electrons. The molecule has 118 valence electrons. The van der Waals surface area contributed by atoms with Gasteiger partial charge >= 0.3 is 0 Å². The number of hydrazone groups is 1. The van der Waals surface area contributed by atoms with Crippen LogP contribution in [-0.2, 0) is 10.2 Å². The lowest BCUT2D eigenvalue weighted by Gasteiger charge is -2.36. The summed E-state index contributed by atoms with van der Waals surface area (Å²) in [4.78, 5) is 12.6. The lowest BCUT2D eigenvalue weighted by atomic mass is 9.68. The Morgan fingerprint density at radius 1 is 1.18 bits per heavy atom. The number of ketones is 1. The molecule has 1 N–H and O–H groups in total. The van der Waals surface area contributed by atoms with Gasteiger partial charge in [-0.3, -0.25) is 4.79 Å². The molecule has 3 nitrogen and oxygen atoms in total. The highest BCUT2D eigenvalue weighted by molar-refractivity contribution is 6.15. The van der Waals surface area contributed by atoms with Crippen molar-refractivity contribution in [1.82, 2.24) is 5.43 Å². The van der Waals surface area contributed by atoms with Crippen LogP contribution in [-0.4, -0.2) is 17.5 Å². The Labute approximate surface area is 133 Å². The monoisotopic (exact) mass is 298 g/mol. The zero-order valence-corrected chi connectivity index (χ0v) is 14.2. The molecular weight excluding hydrogens is 272 g/mol.